The molecule has 4 rings (SSSR count). The van der Waals surface area contributed by atoms with Crippen molar-refractivity contribution in [1.29, 1.82) is 0 Å². The highest BCUT2D eigenvalue weighted by atomic mass is 32.2. The third-order valence-electron chi connectivity index (χ3n) is 6.25. The van der Waals surface area contributed by atoms with Crippen LogP contribution in [-0.4, -0.2) is 67.7 Å². The molecule has 1 amide bonds. The lowest BCUT2D eigenvalue weighted by Gasteiger charge is -2.26. The van der Waals surface area contributed by atoms with Gasteiger partial charge in [-0.2, -0.15) is 0 Å². The molecule has 38 heavy (non-hydrogen) atoms. The number of ketones is 1. The summed E-state index contributed by atoms with van der Waals surface area (Å²) in [5.74, 6) is -1.24. The molecule has 1 N–H and O–H groups in total. The summed E-state index contributed by atoms with van der Waals surface area (Å²) in [6, 6.07) is 13.0. The summed E-state index contributed by atoms with van der Waals surface area (Å²) < 4.78 is 36.7. The van der Waals surface area contributed by atoms with Gasteiger partial charge in [0.15, 0.2) is 11.5 Å². The quantitative estimate of drug-likeness (QED) is 0.264. The zero-order valence-corrected chi connectivity index (χ0v) is 22.1. The highest BCUT2D eigenvalue weighted by Gasteiger charge is 2.46. The predicted molar refractivity (Wildman–Crippen MR) is 139 cm³/mol. The van der Waals surface area contributed by atoms with Crippen LogP contribution in [0.1, 0.15) is 22.7 Å². The summed E-state index contributed by atoms with van der Waals surface area (Å²) in [6.07, 6.45) is 3.19. The van der Waals surface area contributed by atoms with Crippen molar-refractivity contribution in [2.24, 2.45) is 0 Å². The van der Waals surface area contributed by atoms with Crippen LogP contribution in [0.4, 0.5) is 0 Å². The van der Waals surface area contributed by atoms with Gasteiger partial charge in [-0.1, -0.05) is 12.1 Å². The number of hydrogen-bond acceptors (Lipinski definition) is 8. The molecule has 2 aromatic carbocycles. The first-order valence-electron chi connectivity index (χ1n) is 11.5. The molecule has 1 unspecified atom stereocenters. The Bertz CT molecular complexity index is 1500. The van der Waals surface area contributed by atoms with Crippen molar-refractivity contribution >= 4 is 27.5 Å². The van der Waals surface area contributed by atoms with Crippen LogP contribution in [0.15, 0.2) is 77.5 Å². The molecule has 0 spiro atoms. The zero-order valence-electron chi connectivity index (χ0n) is 21.3. The lowest BCUT2D eigenvalue weighted by molar-refractivity contribution is -0.140. The number of carbonyl (C=O) groups excluding carboxylic acids is 2. The Morgan fingerprint density at radius 2 is 1.71 bits per heavy atom. The molecule has 2 heterocycles. The monoisotopic (exact) mass is 537 g/mol. The molecule has 1 saturated heterocycles. The van der Waals surface area contributed by atoms with Gasteiger partial charge in [-0.15, -0.1) is 0 Å². The van der Waals surface area contributed by atoms with E-state index in [-0.39, 0.29) is 22.6 Å². The third-order valence-corrected chi connectivity index (χ3v) is 8.07. The number of rotatable bonds is 8. The van der Waals surface area contributed by atoms with Crippen LogP contribution in [0.5, 0.6) is 11.5 Å². The van der Waals surface area contributed by atoms with Crippen molar-refractivity contribution in [3.05, 3.63) is 89.3 Å². The smallest absolute Gasteiger partial charge is 0.295 e. The lowest BCUT2D eigenvalue weighted by atomic mass is 9.95. The van der Waals surface area contributed by atoms with Gasteiger partial charge in [0.25, 0.3) is 11.7 Å². The number of Topliss-reactive ketones (excluding diaryl/α,β-unsaturated/α-hetero) is 1. The van der Waals surface area contributed by atoms with Crippen molar-refractivity contribution in [2.45, 2.75) is 17.5 Å². The molecular weight excluding hydrogens is 510 g/mol. The number of amides is 1. The average molecular weight is 538 g/mol. The molecule has 198 valence electrons. The first kappa shape index (κ1) is 26.8. The molecule has 1 aromatic heterocycles. The number of ether oxygens (including phenoxy) is 2. The van der Waals surface area contributed by atoms with E-state index in [0.29, 0.717) is 22.6 Å². The number of benzene rings is 2. The number of hydrogen-bond donors (Lipinski definition) is 1. The second-order valence-corrected chi connectivity index (χ2v) is 10.9. The van der Waals surface area contributed by atoms with Gasteiger partial charge in [0.05, 0.1) is 30.7 Å². The third kappa shape index (κ3) is 4.85. The Labute approximate surface area is 220 Å². The maximum atomic E-state index is 13.3. The number of likely N-dealkylation sites (tertiary alicyclic amines) is 1. The maximum Gasteiger partial charge on any atom is 0.295 e. The number of methoxy groups -OCH3 is 2. The maximum absolute atomic E-state index is 13.3. The summed E-state index contributed by atoms with van der Waals surface area (Å²) in [5, 5.41) is 11.3. The van der Waals surface area contributed by atoms with Gasteiger partial charge in [-0.05, 0) is 53.6 Å². The van der Waals surface area contributed by atoms with Crippen molar-refractivity contribution in [2.75, 3.05) is 28.3 Å². The Balaban J connectivity index is 1.87. The van der Waals surface area contributed by atoms with E-state index in [1.807, 2.05) is 0 Å². The normalized spacial score (nSPS) is 17.2. The molecular formula is C27H27N3O7S. The molecule has 10 nitrogen and oxygen atoms in total. The highest BCUT2D eigenvalue weighted by Crippen LogP contribution is 2.42. The van der Waals surface area contributed by atoms with Gasteiger partial charge in [0, 0.05) is 38.6 Å². The summed E-state index contributed by atoms with van der Waals surface area (Å²) in [6.45, 7) is 0.0637. The molecule has 11 heteroatoms. The molecule has 3 aromatic rings. The molecule has 1 aliphatic heterocycles. The number of carbonyl (C=O) groups is 2. The van der Waals surface area contributed by atoms with Gasteiger partial charge in [0.1, 0.15) is 5.76 Å². The number of aliphatic hydroxyl groups excluding tert-OH is 1. The van der Waals surface area contributed by atoms with Crippen molar-refractivity contribution in [3.63, 3.8) is 0 Å². The summed E-state index contributed by atoms with van der Waals surface area (Å²) in [5.41, 5.74) is 1.26. The minimum atomic E-state index is -3.69. The summed E-state index contributed by atoms with van der Waals surface area (Å²) >= 11 is 0. The molecule has 0 saturated carbocycles. The summed E-state index contributed by atoms with van der Waals surface area (Å²) in [7, 11) is 2.09. The Kier molecular flexibility index (Phi) is 7.51. The number of pyridine rings is 1. The van der Waals surface area contributed by atoms with Crippen LogP contribution in [0, 0.1) is 0 Å². The van der Waals surface area contributed by atoms with Gasteiger partial charge >= 0.3 is 0 Å². The number of nitrogens with zero attached hydrogens (tertiary/aromatic N) is 3. The highest BCUT2D eigenvalue weighted by molar-refractivity contribution is 7.89. The van der Waals surface area contributed by atoms with E-state index in [2.05, 4.69) is 4.98 Å². The van der Waals surface area contributed by atoms with Crippen molar-refractivity contribution < 1.29 is 32.6 Å². The fourth-order valence-corrected chi connectivity index (χ4v) is 5.15. The Morgan fingerprint density at radius 1 is 1.03 bits per heavy atom. The summed E-state index contributed by atoms with van der Waals surface area (Å²) in [4.78, 5) is 32.0. The van der Waals surface area contributed by atoms with E-state index in [9.17, 15) is 23.1 Å². The fraction of sp³-hybridized carbons (Fsp3) is 0.222. The van der Waals surface area contributed by atoms with E-state index in [1.54, 1.807) is 42.7 Å². The van der Waals surface area contributed by atoms with E-state index in [0.717, 1.165) is 4.31 Å². The molecule has 0 radical (unpaired) electrons. The van der Waals surface area contributed by atoms with Crippen LogP contribution in [0.3, 0.4) is 0 Å². The Morgan fingerprint density at radius 3 is 2.29 bits per heavy atom. The first-order valence-corrected chi connectivity index (χ1v) is 13.0. The molecule has 0 bridgehead atoms. The standard InChI is InChI=1S/C27H27N3O7S/c1-29(2)38(34,35)20-10-7-18(8-11-20)25(31)23-24(19-9-12-21(36-3)22(14-19)37-4)30(27(33)26(23)32)16-17-6-5-13-28-15-17/h5-15,24,31H,16H2,1-4H3. The zero-order chi connectivity index (χ0) is 27.6. The molecule has 1 aliphatic rings. The first-order chi connectivity index (χ1) is 18.1. The lowest BCUT2D eigenvalue weighted by Crippen LogP contribution is -2.29. The Hall–Kier alpha value is -4.22. The average Bonchev–Trinajstić information content (AvgIpc) is 3.17. The minimum Gasteiger partial charge on any atom is -0.507 e. The van der Waals surface area contributed by atoms with E-state index in [4.69, 9.17) is 9.47 Å². The number of aliphatic hydroxyl groups is 1. The fourth-order valence-electron chi connectivity index (χ4n) is 4.25. The minimum absolute atomic E-state index is 0.0209. The van der Waals surface area contributed by atoms with E-state index >= 15 is 0 Å². The SMILES string of the molecule is COc1ccc(C2C(=C(O)c3ccc(S(=O)(=O)N(C)C)cc3)C(=O)C(=O)N2Cc2cccnc2)cc1OC. The van der Waals surface area contributed by atoms with Crippen LogP contribution >= 0.6 is 0 Å². The number of aromatic nitrogens is 1. The van der Waals surface area contributed by atoms with Gasteiger partial charge in [-0.25, -0.2) is 12.7 Å². The van der Waals surface area contributed by atoms with Gasteiger partial charge in [-0.3, -0.25) is 14.6 Å². The van der Waals surface area contributed by atoms with Crippen LogP contribution in [-0.2, 0) is 26.2 Å². The van der Waals surface area contributed by atoms with E-state index < -0.39 is 33.5 Å². The second kappa shape index (κ2) is 10.6. The van der Waals surface area contributed by atoms with Crippen LogP contribution in [0.2, 0.25) is 0 Å². The van der Waals surface area contributed by atoms with Gasteiger partial charge in [0.2, 0.25) is 10.0 Å². The van der Waals surface area contributed by atoms with E-state index in [1.165, 1.54) is 57.5 Å². The van der Waals surface area contributed by atoms with Crippen LogP contribution in [0.25, 0.3) is 5.76 Å². The van der Waals surface area contributed by atoms with Gasteiger partial charge < -0.3 is 19.5 Å². The van der Waals surface area contributed by atoms with Crippen molar-refractivity contribution in [1.82, 2.24) is 14.2 Å². The predicted octanol–water partition coefficient (Wildman–Crippen LogP) is 2.97. The molecule has 1 atom stereocenters. The number of sulfonamides is 1. The molecule has 1 fully saturated rings. The second-order valence-electron chi connectivity index (χ2n) is 8.71. The largest absolute Gasteiger partial charge is 0.507 e. The molecule has 0 aliphatic carbocycles. The van der Waals surface area contributed by atoms with Crippen LogP contribution < -0.4 is 9.47 Å². The topological polar surface area (TPSA) is 126 Å². The van der Waals surface area contributed by atoms with Crippen molar-refractivity contribution in [3.8, 4) is 11.5 Å².